The van der Waals surface area contributed by atoms with E-state index in [2.05, 4.69) is 30.8 Å². The number of hydrogen-bond donors (Lipinski definition) is 4. The predicted molar refractivity (Wildman–Crippen MR) is 131 cm³/mol. The molecule has 1 atom stereocenters. The minimum atomic E-state index is -0.346. The molecule has 0 aliphatic carbocycles. The highest BCUT2D eigenvalue weighted by Crippen LogP contribution is 2.36. The van der Waals surface area contributed by atoms with Gasteiger partial charge in [-0.05, 0) is 36.4 Å². The van der Waals surface area contributed by atoms with E-state index in [1.54, 1.807) is 42.4 Å². The highest BCUT2D eigenvalue weighted by Gasteiger charge is 2.32. The molecule has 2 aliphatic rings. The molecule has 2 amide bonds. The zero-order chi connectivity index (χ0) is 22.8. The van der Waals surface area contributed by atoms with Crippen LogP contribution in [-0.2, 0) is 4.79 Å². The molecule has 3 aromatic rings. The van der Waals surface area contributed by atoms with E-state index in [0.29, 0.717) is 23.8 Å². The molecule has 10 heteroatoms. The van der Waals surface area contributed by atoms with Gasteiger partial charge in [-0.3, -0.25) is 14.6 Å². The summed E-state index contributed by atoms with van der Waals surface area (Å²) in [4.78, 5) is 35.7. The number of carbonyl (C=O) groups excluding carboxylic acids is 2. The molecule has 2 aromatic heterocycles. The standard InChI is InChI=1S/C23H23ClN6O2S/c24-15-1-2-17-14(11-15)12-19(28-17)21(31)26-8-9-27-22(32)23-29-18-5-10-30(13-20(18)33-23)16-3-6-25-7-4-16/h1-4,6-7,11-12,23,28-29H,5,8-10,13H2,(H,26,31)(H,27,32). The number of amides is 2. The first kappa shape index (κ1) is 21.7. The van der Waals surface area contributed by atoms with Gasteiger partial charge in [-0.2, -0.15) is 0 Å². The Labute approximate surface area is 200 Å². The lowest BCUT2D eigenvalue weighted by Gasteiger charge is -2.29. The second kappa shape index (κ2) is 9.36. The fourth-order valence-electron chi connectivity index (χ4n) is 3.99. The summed E-state index contributed by atoms with van der Waals surface area (Å²) in [7, 11) is 0. The number of benzene rings is 1. The Morgan fingerprint density at radius 1 is 1.15 bits per heavy atom. The van der Waals surface area contributed by atoms with Crippen molar-refractivity contribution in [3.05, 3.63) is 70.1 Å². The molecule has 0 spiro atoms. The van der Waals surface area contributed by atoms with Crippen molar-refractivity contribution in [2.75, 3.05) is 31.1 Å². The molecule has 0 radical (unpaired) electrons. The average Bonchev–Trinajstić information content (AvgIpc) is 3.45. The van der Waals surface area contributed by atoms with E-state index in [-0.39, 0.29) is 17.2 Å². The molecular weight excluding hydrogens is 460 g/mol. The Bertz CT molecular complexity index is 1230. The fraction of sp³-hybridized carbons (Fsp3) is 0.261. The number of thioether (sulfide) groups is 1. The summed E-state index contributed by atoms with van der Waals surface area (Å²) in [6, 6.07) is 11.2. The van der Waals surface area contributed by atoms with E-state index in [4.69, 9.17) is 11.6 Å². The summed E-state index contributed by atoms with van der Waals surface area (Å²) in [6.45, 7) is 2.37. The van der Waals surface area contributed by atoms with Crippen molar-refractivity contribution >= 4 is 51.8 Å². The van der Waals surface area contributed by atoms with Crippen molar-refractivity contribution in [1.82, 2.24) is 25.9 Å². The number of aromatic amines is 1. The molecule has 0 saturated heterocycles. The third-order valence-electron chi connectivity index (χ3n) is 5.67. The van der Waals surface area contributed by atoms with Crippen LogP contribution in [-0.4, -0.2) is 53.3 Å². The van der Waals surface area contributed by atoms with Gasteiger partial charge in [-0.15, -0.1) is 0 Å². The number of hydrogen-bond acceptors (Lipinski definition) is 6. The lowest BCUT2D eigenvalue weighted by molar-refractivity contribution is -0.120. The van der Waals surface area contributed by atoms with Gasteiger partial charge >= 0.3 is 0 Å². The zero-order valence-corrected chi connectivity index (χ0v) is 19.3. The number of carbonyl (C=O) groups is 2. The van der Waals surface area contributed by atoms with E-state index in [1.807, 2.05) is 18.2 Å². The first-order chi connectivity index (χ1) is 16.1. The maximum Gasteiger partial charge on any atom is 0.267 e. The number of aromatic nitrogens is 2. The van der Waals surface area contributed by atoms with Crippen LogP contribution in [0.15, 0.2) is 59.4 Å². The molecule has 8 nitrogen and oxygen atoms in total. The van der Waals surface area contributed by atoms with Gasteiger partial charge in [0.25, 0.3) is 11.8 Å². The number of rotatable bonds is 6. The smallest absolute Gasteiger partial charge is 0.267 e. The van der Waals surface area contributed by atoms with E-state index in [9.17, 15) is 9.59 Å². The first-order valence-corrected chi connectivity index (χ1v) is 12.0. The van der Waals surface area contributed by atoms with Gasteiger partial charge in [0.2, 0.25) is 0 Å². The van der Waals surface area contributed by atoms with Gasteiger partial charge in [-0.1, -0.05) is 23.4 Å². The van der Waals surface area contributed by atoms with Crippen LogP contribution in [0.5, 0.6) is 0 Å². The van der Waals surface area contributed by atoms with E-state index in [0.717, 1.165) is 41.8 Å². The SMILES string of the molecule is O=C(NCCNC(=O)C1NC2=C(CN(c3ccncc3)CC2)S1)c1cc2cc(Cl)ccc2[nH]1. The molecule has 5 rings (SSSR count). The molecule has 4 N–H and O–H groups in total. The Balaban J connectivity index is 1.07. The van der Waals surface area contributed by atoms with Crippen LogP contribution >= 0.6 is 23.4 Å². The molecule has 4 heterocycles. The van der Waals surface area contributed by atoms with Crippen LogP contribution in [0.25, 0.3) is 10.9 Å². The second-order valence-corrected chi connectivity index (χ2v) is 9.52. The third kappa shape index (κ3) is 4.79. The average molecular weight is 483 g/mol. The van der Waals surface area contributed by atoms with E-state index < -0.39 is 0 Å². The van der Waals surface area contributed by atoms with Crippen molar-refractivity contribution in [3.8, 4) is 0 Å². The number of pyridine rings is 1. The minimum Gasteiger partial charge on any atom is -0.368 e. The Morgan fingerprint density at radius 3 is 2.82 bits per heavy atom. The van der Waals surface area contributed by atoms with Crippen molar-refractivity contribution in [2.45, 2.75) is 11.8 Å². The Morgan fingerprint density at radius 2 is 1.97 bits per heavy atom. The topological polar surface area (TPSA) is 102 Å². The molecule has 0 fully saturated rings. The molecular formula is C23H23ClN6O2S. The summed E-state index contributed by atoms with van der Waals surface area (Å²) in [5.41, 5.74) is 3.60. The highest BCUT2D eigenvalue weighted by atomic mass is 35.5. The minimum absolute atomic E-state index is 0.0839. The van der Waals surface area contributed by atoms with Gasteiger partial charge < -0.3 is 25.8 Å². The normalized spacial score (nSPS) is 17.6. The summed E-state index contributed by atoms with van der Waals surface area (Å²) in [5, 5.41) is 10.2. The molecule has 0 bridgehead atoms. The maximum absolute atomic E-state index is 12.6. The zero-order valence-electron chi connectivity index (χ0n) is 17.7. The summed E-state index contributed by atoms with van der Waals surface area (Å²) in [6.07, 6.45) is 4.46. The predicted octanol–water partition coefficient (Wildman–Crippen LogP) is 2.85. The molecule has 1 unspecified atom stereocenters. The van der Waals surface area contributed by atoms with Gasteiger partial charge in [0.15, 0.2) is 5.37 Å². The summed E-state index contributed by atoms with van der Waals surface area (Å²) >= 11 is 7.56. The number of nitrogens with zero attached hydrogens (tertiary/aromatic N) is 2. The van der Waals surface area contributed by atoms with Crippen molar-refractivity contribution < 1.29 is 9.59 Å². The molecule has 0 saturated carbocycles. The van der Waals surface area contributed by atoms with Crippen molar-refractivity contribution in [1.29, 1.82) is 0 Å². The second-order valence-electron chi connectivity index (χ2n) is 7.88. The highest BCUT2D eigenvalue weighted by molar-refractivity contribution is 8.04. The van der Waals surface area contributed by atoms with E-state index >= 15 is 0 Å². The van der Waals surface area contributed by atoms with Crippen molar-refractivity contribution in [2.24, 2.45) is 0 Å². The number of anilines is 1. The lowest BCUT2D eigenvalue weighted by Crippen LogP contribution is -2.42. The van der Waals surface area contributed by atoms with E-state index in [1.165, 1.54) is 4.91 Å². The van der Waals surface area contributed by atoms with Crippen LogP contribution in [0, 0.1) is 0 Å². The number of fused-ring (bicyclic) bond motifs is 1. The third-order valence-corrected chi connectivity index (χ3v) is 7.13. The van der Waals surface area contributed by atoms with Crippen LogP contribution in [0.2, 0.25) is 5.02 Å². The van der Waals surface area contributed by atoms with Gasteiger partial charge in [0, 0.05) is 70.7 Å². The summed E-state index contributed by atoms with van der Waals surface area (Å²) < 4.78 is 0. The molecule has 1 aromatic carbocycles. The van der Waals surface area contributed by atoms with Gasteiger partial charge in [0.1, 0.15) is 5.69 Å². The number of nitrogens with one attached hydrogen (secondary N) is 4. The quantitative estimate of drug-likeness (QED) is 0.403. The summed E-state index contributed by atoms with van der Waals surface area (Å²) in [5.74, 6) is -0.308. The van der Waals surface area contributed by atoms with Crippen molar-refractivity contribution in [3.63, 3.8) is 0 Å². The number of halogens is 1. The monoisotopic (exact) mass is 482 g/mol. The fourth-order valence-corrected chi connectivity index (χ4v) is 5.39. The first-order valence-electron chi connectivity index (χ1n) is 10.7. The largest absolute Gasteiger partial charge is 0.368 e. The Hall–Kier alpha value is -3.17. The maximum atomic E-state index is 12.6. The number of H-pyrrole nitrogens is 1. The lowest BCUT2D eigenvalue weighted by atomic mass is 10.2. The molecule has 2 aliphatic heterocycles. The van der Waals surface area contributed by atoms with Crippen LogP contribution in [0.4, 0.5) is 5.69 Å². The van der Waals surface area contributed by atoms with Gasteiger partial charge in [0.05, 0.1) is 6.54 Å². The Kier molecular flexibility index (Phi) is 6.15. The van der Waals surface area contributed by atoms with Crippen LogP contribution < -0.4 is 20.9 Å². The van der Waals surface area contributed by atoms with Crippen LogP contribution in [0.3, 0.4) is 0 Å². The molecule has 33 heavy (non-hydrogen) atoms. The van der Waals surface area contributed by atoms with Crippen LogP contribution in [0.1, 0.15) is 16.9 Å². The molecule has 170 valence electrons. The van der Waals surface area contributed by atoms with Gasteiger partial charge in [-0.25, -0.2) is 0 Å².